The number of nitrogens with one attached hydrogen (secondary N) is 1. The fourth-order valence-corrected chi connectivity index (χ4v) is 2.97. The van der Waals surface area contributed by atoms with Gasteiger partial charge >= 0.3 is 0 Å². The molecule has 130 valence electrons. The van der Waals surface area contributed by atoms with Crippen molar-refractivity contribution >= 4 is 11.8 Å². The lowest BCUT2D eigenvalue weighted by Gasteiger charge is -2.31. The van der Waals surface area contributed by atoms with Gasteiger partial charge in [0.2, 0.25) is 0 Å². The third kappa shape index (κ3) is 3.49. The van der Waals surface area contributed by atoms with E-state index in [1.165, 1.54) is 18.7 Å². The average Bonchev–Trinajstić information content (AvgIpc) is 3.33. The largest absolute Gasteiger partial charge is 0.348 e. The van der Waals surface area contributed by atoms with Crippen molar-refractivity contribution < 1.29 is 9.59 Å². The molecule has 1 N–H and O–H groups in total. The molecular formula is C16H19N7O2. The van der Waals surface area contributed by atoms with Crippen LogP contribution in [-0.4, -0.2) is 60.8 Å². The number of carbonyl (C=O) groups excluding carboxylic acids is 2. The van der Waals surface area contributed by atoms with E-state index >= 15 is 0 Å². The SMILES string of the molecule is O=C(NC1CC1)c1cn(C2CCN(C(=O)c3cncnc3)CC2)nn1. The lowest BCUT2D eigenvalue weighted by Crippen LogP contribution is -2.39. The van der Waals surface area contributed by atoms with Crippen LogP contribution in [-0.2, 0) is 0 Å². The van der Waals surface area contributed by atoms with Gasteiger partial charge in [0.05, 0.1) is 17.8 Å². The van der Waals surface area contributed by atoms with Crippen LogP contribution in [0.2, 0.25) is 0 Å². The van der Waals surface area contributed by atoms with Crippen LogP contribution in [0.1, 0.15) is 52.6 Å². The fourth-order valence-electron chi connectivity index (χ4n) is 2.97. The van der Waals surface area contributed by atoms with Gasteiger partial charge in [0.1, 0.15) is 6.33 Å². The average molecular weight is 341 g/mol. The number of aromatic nitrogens is 5. The number of amides is 2. The molecule has 2 amide bonds. The van der Waals surface area contributed by atoms with E-state index in [0.717, 1.165) is 25.7 Å². The first-order valence-electron chi connectivity index (χ1n) is 8.47. The first-order chi connectivity index (χ1) is 12.2. The van der Waals surface area contributed by atoms with E-state index in [1.54, 1.807) is 15.8 Å². The van der Waals surface area contributed by atoms with E-state index in [0.29, 0.717) is 30.4 Å². The maximum Gasteiger partial charge on any atom is 0.273 e. The fraction of sp³-hybridized carbons (Fsp3) is 0.500. The first kappa shape index (κ1) is 15.7. The Balaban J connectivity index is 1.35. The Morgan fingerprint density at radius 1 is 1.08 bits per heavy atom. The Morgan fingerprint density at radius 2 is 1.80 bits per heavy atom. The molecule has 0 unspecified atom stereocenters. The highest BCUT2D eigenvalue weighted by Crippen LogP contribution is 2.23. The minimum absolute atomic E-state index is 0.0536. The molecule has 1 saturated carbocycles. The van der Waals surface area contributed by atoms with Crippen molar-refractivity contribution in [2.24, 2.45) is 0 Å². The van der Waals surface area contributed by atoms with E-state index in [9.17, 15) is 9.59 Å². The maximum atomic E-state index is 12.4. The molecule has 0 spiro atoms. The van der Waals surface area contributed by atoms with Gasteiger partial charge in [-0.2, -0.15) is 0 Å². The highest BCUT2D eigenvalue weighted by Gasteiger charge is 2.28. The predicted molar refractivity (Wildman–Crippen MR) is 86.7 cm³/mol. The van der Waals surface area contributed by atoms with E-state index in [1.807, 2.05) is 0 Å². The normalized spacial score (nSPS) is 18.2. The smallest absolute Gasteiger partial charge is 0.273 e. The van der Waals surface area contributed by atoms with Crippen LogP contribution in [0.15, 0.2) is 24.9 Å². The number of likely N-dealkylation sites (tertiary alicyclic amines) is 1. The van der Waals surface area contributed by atoms with Crippen LogP contribution < -0.4 is 5.32 Å². The molecule has 0 bridgehead atoms. The molecule has 0 atom stereocenters. The van der Waals surface area contributed by atoms with Crippen molar-refractivity contribution in [2.45, 2.75) is 37.8 Å². The molecule has 2 fully saturated rings. The summed E-state index contributed by atoms with van der Waals surface area (Å²) < 4.78 is 1.75. The molecule has 2 aromatic heterocycles. The Kier molecular flexibility index (Phi) is 4.12. The van der Waals surface area contributed by atoms with E-state index in [4.69, 9.17) is 0 Å². The van der Waals surface area contributed by atoms with Crippen molar-refractivity contribution in [2.75, 3.05) is 13.1 Å². The lowest BCUT2D eigenvalue weighted by atomic mass is 10.0. The number of nitrogens with zero attached hydrogens (tertiary/aromatic N) is 6. The summed E-state index contributed by atoms with van der Waals surface area (Å²) in [5, 5.41) is 11.0. The Morgan fingerprint density at radius 3 is 2.48 bits per heavy atom. The van der Waals surface area contributed by atoms with E-state index in [-0.39, 0.29) is 17.9 Å². The summed E-state index contributed by atoms with van der Waals surface area (Å²) in [5.41, 5.74) is 0.854. The van der Waals surface area contributed by atoms with Gasteiger partial charge in [-0.1, -0.05) is 5.21 Å². The third-order valence-corrected chi connectivity index (χ3v) is 4.59. The monoisotopic (exact) mass is 341 g/mol. The molecule has 0 radical (unpaired) electrons. The minimum atomic E-state index is -0.162. The molecule has 0 aromatic carbocycles. The second kappa shape index (κ2) is 6.58. The number of carbonyl (C=O) groups is 2. The molecule has 25 heavy (non-hydrogen) atoms. The van der Waals surface area contributed by atoms with Crippen LogP contribution >= 0.6 is 0 Å². The zero-order valence-electron chi connectivity index (χ0n) is 13.7. The molecule has 2 aromatic rings. The van der Waals surface area contributed by atoms with Crippen LogP contribution in [0, 0.1) is 0 Å². The summed E-state index contributed by atoms with van der Waals surface area (Å²) in [4.78, 5) is 34.0. The van der Waals surface area contributed by atoms with Crippen LogP contribution in [0.5, 0.6) is 0 Å². The second-order valence-corrected chi connectivity index (χ2v) is 6.48. The van der Waals surface area contributed by atoms with Crippen LogP contribution in [0.3, 0.4) is 0 Å². The molecule has 4 rings (SSSR count). The van der Waals surface area contributed by atoms with Gasteiger partial charge in [-0.15, -0.1) is 5.10 Å². The summed E-state index contributed by atoms with van der Waals surface area (Å²) >= 11 is 0. The highest BCUT2D eigenvalue weighted by atomic mass is 16.2. The van der Waals surface area contributed by atoms with Gasteiger partial charge in [0, 0.05) is 31.5 Å². The van der Waals surface area contributed by atoms with Gasteiger partial charge in [-0.05, 0) is 25.7 Å². The van der Waals surface area contributed by atoms with Gasteiger partial charge in [0.15, 0.2) is 5.69 Å². The first-order valence-corrected chi connectivity index (χ1v) is 8.47. The standard InChI is InChI=1S/C16H19N7O2/c24-15(19-12-1-2-12)14-9-23(21-20-14)13-3-5-22(6-4-13)16(25)11-7-17-10-18-8-11/h7-10,12-13H,1-6H2,(H,19,24). The third-order valence-electron chi connectivity index (χ3n) is 4.59. The maximum absolute atomic E-state index is 12.4. The number of hydrogen-bond acceptors (Lipinski definition) is 6. The summed E-state index contributed by atoms with van der Waals surface area (Å²) in [6.45, 7) is 1.25. The molecule has 2 aliphatic rings. The number of hydrogen-bond donors (Lipinski definition) is 1. The van der Waals surface area contributed by atoms with Crippen molar-refractivity contribution in [3.63, 3.8) is 0 Å². The van der Waals surface area contributed by atoms with Crippen molar-refractivity contribution in [3.8, 4) is 0 Å². The summed E-state index contributed by atoms with van der Waals surface area (Å²) in [6, 6.07) is 0.444. The Labute approximate surface area is 144 Å². The molecule has 9 heteroatoms. The van der Waals surface area contributed by atoms with Gasteiger partial charge in [-0.3, -0.25) is 9.59 Å². The Bertz CT molecular complexity index is 764. The van der Waals surface area contributed by atoms with Gasteiger partial charge in [0.25, 0.3) is 11.8 Å². The van der Waals surface area contributed by atoms with Crippen molar-refractivity contribution in [3.05, 3.63) is 36.2 Å². The van der Waals surface area contributed by atoms with E-state index in [2.05, 4.69) is 25.6 Å². The molecular weight excluding hydrogens is 322 g/mol. The van der Waals surface area contributed by atoms with Gasteiger partial charge < -0.3 is 10.2 Å². The van der Waals surface area contributed by atoms with Crippen LogP contribution in [0.4, 0.5) is 0 Å². The van der Waals surface area contributed by atoms with Crippen molar-refractivity contribution in [1.82, 2.24) is 35.2 Å². The number of piperidine rings is 1. The zero-order chi connectivity index (χ0) is 17.2. The summed E-state index contributed by atoms with van der Waals surface area (Å²) in [7, 11) is 0. The highest BCUT2D eigenvalue weighted by molar-refractivity contribution is 5.93. The molecule has 9 nitrogen and oxygen atoms in total. The molecule has 1 aliphatic heterocycles. The predicted octanol–water partition coefficient (Wildman–Crippen LogP) is 0.438. The minimum Gasteiger partial charge on any atom is -0.348 e. The number of rotatable bonds is 4. The Hall–Kier alpha value is -2.84. The molecule has 1 saturated heterocycles. The van der Waals surface area contributed by atoms with E-state index < -0.39 is 0 Å². The summed E-state index contributed by atoms with van der Waals surface area (Å²) in [5.74, 6) is -0.215. The molecule has 3 heterocycles. The topological polar surface area (TPSA) is 106 Å². The van der Waals surface area contributed by atoms with Crippen molar-refractivity contribution in [1.29, 1.82) is 0 Å². The zero-order valence-corrected chi connectivity index (χ0v) is 13.7. The summed E-state index contributed by atoms with van der Waals surface area (Å²) in [6.07, 6.45) is 9.79. The lowest BCUT2D eigenvalue weighted by molar-refractivity contribution is 0.0688. The molecule has 1 aliphatic carbocycles. The van der Waals surface area contributed by atoms with Gasteiger partial charge in [-0.25, -0.2) is 14.6 Å². The quantitative estimate of drug-likeness (QED) is 0.865. The second-order valence-electron chi connectivity index (χ2n) is 6.48. The van der Waals surface area contributed by atoms with Crippen LogP contribution in [0.25, 0.3) is 0 Å².